The van der Waals surface area contributed by atoms with Crippen LogP contribution in [-0.4, -0.2) is 55.2 Å². The minimum absolute atomic E-state index is 0.00430. The first kappa shape index (κ1) is 15.8. The molecule has 1 unspecified atom stereocenters. The van der Waals surface area contributed by atoms with Crippen LogP contribution >= 0.6 is 0 Å². The Balaban J connectivity index is 2.41. The number of halogens is 1. The molecule has 8 nitrogen and oxygen atoms in total. The van der Waals surface area contributed by atoms with Crippen LogP contribution in [0.2, 0.25) is 0 Å². The number of sulfonamides is 1. The van der Waals surface area contributed by atoms with Crippen molar-refractivity contribution in [1.29, 1.82) is 0 Å². The average molecular weight is 320 g/mol. The van der Waals surface area contributed by atoms with Crippen LogP contribution < -0.4 is 0 Å². The van der Waals surface area contributed by atoms with E-state index in [4.69, 9.17) is 4.74 Å². The molecule has 1 fully saturated rings. The van der Waals surface area contributed by atoms with Crippen molar-refractivity contribution in [3.05, 3.63) is 34.1 Å². The number of nitro groups is 1. The third-order valence-corrected chi connectivity index (χ3v) is 5.08. The summed E-state index contributed by atoms with van der Waals surface area (Å²) >= 11 is 0. The second-order valence-corrected chi connectivity index (χ2v) is 6.26. The number of nitro benzene ring substituents is 1. The Morgan fingerprint density at radius 2 is 2.24 bits per heavy atom. The van der Waals surface area contributed by atoms with Crippen molar-refractivity contribution in [2.24, 2.45) is 0 Å². The van der Waals surface area contributed by atoms with Gasteiger partial charge in [0.15, 0.2) is 0 Å². The predicted octanol–water partition coefficient (Wildman–Crippen LogP) is 0.116. The Morgan fingerprint density at radius 1 is 1.52 bits per heavy atom. The lowest BCUT2D eigenvalue weighted by Gasteiger charge is -2.33. The van der Waals surface area contributed by atoms with E-state index in [0.29, 0.717) is 6.07 Å². The standard InChI is InChI=1S/C11H13FN2O6S/c12-10-5-8(14(16)17)1-2-11(10)21(18,19)13-3-4-20-7-9(13)6-15/h1-2,5,9,15H,3-4,6-7H2. The number of hydrogen-bond acceptors (Lipinski definition) is 6. The zero-order valence-electron chi connectivity index (χ0n) is 10.8. The molecule has 0 bridgehead atoms. The first-order chi connectivity index (χ1) is 9.87. The van der Waals surface area contributed by atoms with Gasteiger partial charge in [0.2, 0.25) is 10.0 Å². The van der Waals surface area contributed by atoms with Crippen LogP contribution in [0.15, 0.2) is 23.1 Å². The summed E-state index contributed by atoms with van der Waals surface area (Å²) in [5, 5.41) is 19.7. The zero-order chi connectivity index (χ0) is 15.6. The Bertz CT molecular complexity index is 650. The van der Waals surface area contributed by atoms with E-state index < -0.39 is 44.0 Å². The van der Waals surface area contributed by atoms with Crippen molar-refractivity contribution in [3.8, 4) is 0 Å². The zero-order valence-corrected chi connectivity index (χ0v) is 11.6. The fourth-order valence-corrected chi connectivity index (χ4v) is 3.67. The normalized spacial score (nSPS) is 20.4. The highest BCUT2D eigenvalue weighted by Crippen LogP contribution is 2.25. The molecule has 1 aromatic rings. The first-order valence-electron chi connectivity index (χ1n) is 6.02. The van der Waals surface area contributed by atoms with Crippen molar-refractivity contribution >= 4 is 15.7 Å². The van der Waals surface area contributed by atoms with Gasteiger partial charge in [-0.3, -0.25) is 10.1 Å². The lowest BCUT2D eigenvalue weighted by Crippen LogP contribution is -2.50. The van der Waals surface area contributed by atoms with Crippen molar-refractivity contribution in [2.75, 3.05) is 26.4 Å². The summed E-state index contributed by atoms with van der Waals surface area (Å²) in [5.41, 5.74) is -0.535. The van der Waals surface area contributed by atoms with Gasteiger partial charge in [0.05, 0.1) is 36.9 Å². The monoisotopic (exact) mass is 320 g/mol. The molecule has 1 saturated heterocycles. The number of benzene rings is 1. The summed E-state index contributed by atoms with van der Waals surface area (Å²) in [6.07, 6.45) is 0. The van der Waals surface area contributed by atoms with Gasteiger partial charge in [-0.2, -0.15) is 4.31 Å². The van der Waals surface area contributed by atoms with Crippen LogP contribution in [0.4, 0.5) is 10.1 Å². The summed E-state index contributed by atoms with van der Waals surface area (Å²) in [6, 6.07) is 1.52. The number of aliphatic hydroxyl groups is 1. The summed E-state index contributed by atoms with van der Waals surface area (Å²) in [4.78, 5) is 9.07. The number of nitrogens with zero attached hydrogens (tertiary/aromatic N) is 2. The molecule has 1 aliphatic heterocycles. The Hall–Kier alpha value is -1.62. The molecule has 10 heteroatoms. The fourth-order valence-electron chi connectivity index (χ4n) is 2.04. The number of rotatable bonds is 4. The second kappa shape index (κ2) is 6.02. The SMILES string of the molecule is O=[N+]([O-])c1ccc(S(=O)(=O)N2CCOCC2CO)c(F)c1. The molecule has 1 aliphatic rings. The van der Waals surface area contributed by atoms with E-state index >= 15 is 0 Å². The van der Waals surface area contributed by atoms with E-state index in [1.54, 1.807) is 0 Å². The van der Waals surface area contributed by atoms with Gasteiger partial charge in [-0.15, -0.1) is 0 Å². The van der Waals surface area contributed by atoms with Crippen molar-refractivity contribution in [3.63, 3.8) is 0 Å². The molecule has 1 atom stereocenters. The minimum atomic E-state index is -4.20. The van der Waals surface area contributed by atoms with Crippen molar-refractivity contribution < 1.29 is 27.6 Å². The second-order valence-electron chi connectivity index (χ2n) is 4.40. The summed E-state index contributed by atoms with van der Waals surface area (Å²) in [7, 11) is -4.20. The molecule has 1 aromatic carbocycles. The summed E-state index contributed by atoms with van der Waals surface area (Å²) < 4.78 is 44.7. The summed E-state index contributed by atoms with van der Waals surface area (Å²) in [6.45, 7) is -0.355. The molecule has 0 spiro atoms. The predicted molar refractivity (Wildman–Crippen MR) is 68.6 cm³/mol. The molecule has 0 aliphatic carbocycles. The highest BCUT2D eigenvalue weighted by molar-refractivity contribution is 7.89. The molecule has 0 amide bonds. The highest BCUT2D eigenvalue weighted by Gasteiger charge is 2.35. The van der Waals surface area contributed by atoms with E-state index in [1.807, 2.05) is 0 Å². The maximum atomic E-state index is 13.9. The van der Waals surface area contributed by atoms with E-state index in [-0.39, 0.29) is 19.8 Å². The third-order valence-electron chi connectivity index (χ3n) is 3.10. The molecule has 1 heterocycles. The number of hydrogen-bond donors (Lipinski definition) is 1. The molecule has 0 saturated carbocycles. The molecule has 21 heavy (non-hydrogen) atoms. The molecule has 0 aromatic heterocycles. The smallest absolute Gasteiger partial charge is 0.272 e. The maximum absolute atomic E-state index is 13.9. The average Bonchev–Trinajstić information content (AvgIpc) is 2.46. The van der Waals surface area contributed by atoms with Gasteiger partial charge in [0.1, 0.15) is 10.7 Å². The van der Waals surface area contributed by atoms with Crippen LogP contribution in [0.25, 0.3) is 0 Å². The first-order valence-corrected chi connectivity index (χ1v) is 7.46. The fraction of sp³-hybridized carbons (Fsp3) is 0.455. The maximum Gasteiger partial charge on any atom is 0.272 e. The van der Waals surface area contributed by atoms with E-state index in [0.717, 1.165) is 16.4 Å². The van der Waals surface area contributed by atoms with Crippen LogP contribution in [0.3, 0.4) is 0 Å². The highest BCUT2D eigenvalue weighted by atomic mass is 32.2. The third kappa shape index (κ3) is 3.02. The van der Waals surface area contributed by atoms with Gasteiger partial charge in [-0.05, 0) is 6.07 Å². The van der Waals surface area contributed by atoms with E-state index in [1.165, 1.54) is 0 Å². The number of ether oxygens (including phenoxy) is 1. The molecular weight excluding hydrogens is 307 g/mol. The molecule has 2 rings (SSSR count). The molecular formula is C11H13FN2O6S. The summed E-state index contributed by atoms with van der Waals surface area (Å²) in [5.74, 6) is -1.20. The van der Waals surface area contributed by atoms with Gasteiger partial charge < -0.3 is 9.84 Å². The van der Waals surface area contributed by atoms with Crippen LogP contribution in [0.5, 0.6) is 0 Å². The molecule has 116 valence electrons. The quantitative estimate of drug-likeness (QED) is 0.623. The largest absolute Gasteiger partial charge is 0.395 e. The lowest BCUT2D eigenvalue weighted by molar-refractivity contribution is -0.385. The van der Waals surface area contributed by atoms with Crippen LogP contribution in [0.1, 0.15) is 0 Å². The topological polar surface area (TPSA) is 110 Å². The van der Waals surface area contributed by atoms with E-state index in [2.05, 4.69) is 0 Å². The van der Waals surface area contributed by atoms with Gasteiger partial charge in [0, 0.05) is 12.6 Å². The van der Waals surface area contributed by atoms with Crippen LogP contribution in [-0.2, 0) is 14.8 Å². The lowest BCUT2D eigenvalue weighted by atomic mass is 10.3. The number of morpholine rings is 1. The van der Waals surface area contributed by atoms with Crippen molar-refractivity contribution in [1.82, 2.24) is 4.31 Å². The van der Waals surface area contributed by atoms with Gasteiger partial charge in [0.25, 0.3) is 5.69 Å². The molecule has 1 N–H and O–H groups in total. The van der Waals surface area contributed by atoms with E-state index in [9.17, 15) is 28.0 Å². The van der Waals surface area contributed by atoms with Gasteiger partial charge >= 0.3 is 0 Å². The van der Waals surface area contributed by atoms with Crippen molar-refractivity contribution in [2.45, 2.75) is 10.9 Å². The Kier molecular flexibility index (Phi) is 4.52. The van der Waals surface area contributed by atoms with Gasteiger partial charge in [-0.25, -0.2) is 12.8 Å². The number of non-ortho nitro benzene ring substituents is 1. The Morgan fingerprint density at radius 3 is 2.81 bits per heavy atom. The molecule has 0 radical (unpaired) electrons. The minimum Gasteiger partial charge on any atom is -0.395 e. The Labute approximate surface area is 119 Å². The van der Waals surface area contributed by atoms with Crippen LogP contribution in [0, 0.1) is 15.9 Å². The number of aliphatic hydroxyl groups excluding tert-OH is 1. The van der Waals surface area contributed by atoms with Gasteiger partial charge in [-0.1, -0.05) is 0 Å².